The number of rotatable bonds is 3. The van der Waals surface area contributed by atoms with Gasteiger partial charge in [0.05, 0.1) is 0 Å². The maximum Gasteiger partial charge on any atom is 0.339 e. The molecular formula is C13H10O5S. The topological polar surface area (TPSA) is 61.8 Å². The van der Waals surface area contributed by atoms with Crippen LogP contribution in [0, 0.1) is 0 Å². The number of benzene rings is 2. The largest absolute Gasteiger partial charge is 0.454 e. The number of hydrogen-bond acceptors (Lipinski definition) is 5. The first-order chi connectivity index (χ1) is 9.15. The van der Waals surface area contributed by atoms with Crippen molar-refractivity contribution in [1.29, 1.82) is 0 Å². The molecule has 0 bridgehead atoms. The lowest BCUT2D eigenvalue weighted by atomic mass is 10.3. The maximum atomic E-state index is 12.1. The fraction of sp³-hybridized carbons (Fsp3) is 0.0769. The molecule has 0 unspecified atom stereocenters. The van der Waals surface area contributed by atoms with Crippen molar-refractivity contribution in [3.8, 4) is 17.2 Å². The Morgan fingerprint density at radius 2 is 1.68 bits per heavy atom. The van der Waals surface area contributed by atoms with Gasteiger partial charge < -0.3 is 13.7 Å². The summed E-state index contributed by atoms with van der Waals surface area (Å²) in [5, 5.41) is 0. The molecule has 0 spiro atoms. The van der Waals surface area contributed by atoms with Gasteiger partial charge in [-0.2, -0.15) is 8.42 Å². The van der Waals surface area contributed by atoms with Crippen molar-refractivity contribution in [2.45, 2.75) is 4.90 Å². The highest BCUT2D eigenvalue weighted by Gasteiger charge is 2.21. The Balaban J connectivity index is 1.92. The maximum absolute atomic E-state index is 12.1. The molecule has 0 aliphatic carbocycles. The molecule has 0 radical (unpaired) electrons. The third-order valence-corrected chi connectivity index (χ3v) is 3.82. The van der Waals surface area contributed by atoms with E-state index in [1.165, 1.54) is 12.1 Å². The lowest BCUT2D eigenvalue weighted by Crippen LogP contribution is -2.09. The van der Waals surface area contributed by atoms with Gasteiger partial charge in [0.15, 0.2) is 11.5 Å². The molecule has 0 atom stereocenters. The van der Waals surface area contributed by atoms with Crippen LogP contribution in [0.4, 0.5) is 0 Å². The van der Waals surface area contributed by atoms with Gasteiger partial charge >= 0.3 is 10.1 Å². The molecule has 0 amide bonds. The van der Waals surface area contributed by atoms with E-state index in [1.54, 1.807) is 36.4 Å². The zero-order valence-electron chi connectivity index (χ0n) is 9.78. The van der Waals surface area contributed by atoms with Crippen LogP contribution < -0.4 is 13.7 Å². The van der Waals surface area contributed by atoms with E-state index in [0.717, 1.165) is 0 Å². The van der Waals surface area contributed by atoms with Crippen molar-refractivity contribution in [1.82, 2.24) is 0 Å². The lowest BCUT2D eigenvalue weighted by molar-refractivity contribution is 0.174. The highest BCUT2D eigenvalue weighted by Crippen LogP contribution is 2.34. The van der Waals surface area contributed by atoms with Crippen LogP contribution >= 0.6 is 0 Å². The molecule has 6 heteroatoms. The van der Waals surface area contributed by atoms with Gasteiger partial charge in [-0.1, -0.05) is 18.2 Å². The van der Waals surface area contributed by atoms with Crippen LogP contribution in [0.15, 0.2) is 53.4 Å². The van der Waals surface area contributed by atoms with Gasteiger partial charge in [-0.3, -0.25) is 0 Å². The summed E-state index contributed by atoms with van der Waals surface area (Å²) in [7, 11) is -3.87. The van der Waals surface area contributed by atoms with Crippen molar-refractivity contribution in [2.24, 2.45) is 0 Å². The lowest BCUT2D eigenvalue weighted by Gasteiger charge is -2.07. The molecule has 1 heterocycles. The summed E-state index contributed by atoms with van der Waals surface area (Å²) in [5.41, 5.74) is 0. The third kappa shape index (κ3) is 2.34. The van der Waals surface area contributed by atoms with Gasteiger partial charge in [0.1, 0.15) is 10.6 Å². The second-order valence-corrected chi connectivity index (χ2v) is 5.41. The minimum Gasteiger partial charge on any atom is -0.454 e. The number of ether oxygens (including phenoxy) is 2. The van der Waals surface area contributed by atoms with Gasteiger partial charge in [0, 0.05) is 6.07 Å². The molecule has 0 N–H and O–H groups in total. The molecule has 0 saturated carbocycles. The predicted octanol–water partition coefficient (Wildman–Crippen LogP) is 2.18. The van der Waals surface area contributed by atoms with E-state index in [4.69, 9.17) is 13.7 Å². The summed E-state index contributed by atoms with van der Waals surface area (Å²) < 4.78 is 39.5. The molecular weight excluding hydrogens is 268 g/mol. The molecule has 3 rings (SSSR count). The predicted molar refractivity (Wildman–Crippen MR) is 66.8 cm³/mol. The second kappa shape index (κ2) is 4.47. The summed E-state index contributed by atoms with van der Waals surface area (Å²) >= 11 is 0. The first kappa shape index (κ1) is 11.9. The van der Waals surface area contributed by atoms with Gasteiger partial charge in [-0.15, -0.1) is 0 Å². The van der Waals surface area contributed by atoms with Crippen molar-refractivity contribution < 1.29 is 22.1 Å². The molecule has 1 aliphatic heterocycles. The third-order valence-electron chi connectivity index (χ3n) is 2.58. The second-order valence-electron chi connectivity index (χ2n) is 3.87. The number of fused-ring (bicyclic) bond motifs is 1. The van der Waals surface area contributed by atoms with E-state index >= 15 is 0 Å². The van der Waals surface area contributed by atoms with E-state index in [9.17, 15) is 8.42 Å². The SMILES string of the molecule is O=S(=O)(Oc1ccccc1)c1ccc2c(c1)OCO2. The normalized spacial score (nSPS) is 13.3. The van der Waals surface area contributed by atoms with Crippen LogP contribution in [0.25, 0.3) is 0 Å². The molecule has 0 aromatic heterocycles. The standard InChI is InChI=1S/C13H10O5S/c14-19(15,18-10-4-2-1-3-5-10)11-6-7-12-13(8-11)17-9-16-12/h1-8H,9H2. The van der Waals surface area contributed by atoms with Crippen LogP contribution in [0.3, 0.4) is 0 Å². The smallest absolute Gasteiger partial charge is 0.339 e. The van der Waals surface area contributed by atoms with Crippen LogP contribution in [-0.4, -0.2) is 15.2 Å². The Hall–Kier alpha value is -2.21. The summed E-state index contributed by atoms with van der Waals surface area (Å²) in [6.07, 6.45) is 0. The van der Waals surface area contributed by atoms with E-state index < -0.39 is 10.1 Å². The van der Waals surface area contributed by atoms with E-state index in [1.807, 2.05) is 0 Å². The molecule has 0 saturated heterocycles. The fourth-order valence-corrected chi connectivity index (χ4v) is 2.63. The van der Waals surface area contributed by atoms with Gasteiger partial charge in [0.25, 0.3) is 0 Å². The number of hydrogen-bond donors (Lipinski definition) is 0. The van der Waals surface area contributed by atoms with E-state index in [0.29, 0.717) is 11.5 Å². The zero-order valence-corrected chi connectivity index (χ0v) is 10.6. The van der Waals surface area contributed by atoms with Crippen molar-refractivity contribution in [2.75, 3.05) is 6.79 Å². The monoisotopic (exact) mass is 278 g/mol. The van der Waals surface area contributed by atoms with Gasteiger partial charge in [-0.25, -0.2) is 0 Å². The van der Waals surface area contributed by atoms with Crippen LogP contribution in [0.5, 0.6) is 17.2 Å². The Morgan fingerprint density at radius 1 is 0.947 bits per heavy atom. The Morgan fingerprint density at radius 3 is 2.47 bits per heavy atom. The average Bonchev–Trinajstić information content (AvgIpc) is 2.86. The van der Waals surface area contributed by atoms with Crippen LogP contribution in [0.1, 0.15) is 0 Å². The first-order valence-corrected chi connectivity index (χ1v) is 6.95. The minimum absolute atomic E-state index is 0.0283. The highest BCUT2D eigenvalue weighted by atomic mass is 32.2. The Kier molecular flexibility index (Phi) is 2.79. The van der Waals surface area contributed by atoms with E-state index in [-0.39, 0.29) is 17.4 Å². The van der Waals surface area contributed by atoms with Gasteiger partial charge in [0.2, 0.25) is 6.79 Å². The van der Waals surface area contributed by atoms with Crippen molar-refractivity contribution in [3.63, 3.8) is 0 Å². The fourth-order valence-electron chi connectivity index (χ4n) is 1.68. The molecule has 98 valence electrons. The molecule has 2 aromatic rings. The quantitative estimate of drug-likeness (QED) is 0.805. The summed E-state index contributed by atoms with van der Waals surface area (Å²) in [4.78, 5) is 0.0283. The Bertz CT molecular complexity index is 694. The van der Waals surface area contributed by atoms with Crippen molar-refractivity contribution >= 4 is 10.1 Å². The average molecular weight is 278 g/mol. The van der Waals surface area contributed by atoms with Crippen molar-refractivity contribution in [3.05, 3.63) is 48.5 Å². The molecule has 0 fully saturated rings. The Labute approximate surface area is 110 Å². The van der Waals surface area contributed by atoms with Crippen LogP contribution in [0.2, 0.25) is 0 Å². The molecule has 5 nitrogen and oxygen atoms in total. The number of para-hydroxylation sites is 1. The minimum atomic E-state index is -3.87. The van der Waals surface area contributed by atoms with E-state index in [2.05, 4.69) is 0 Å². The highest BCUT2D eigenvalue weighted by molar-refractivity contribution is 7.87. The molecule has 2 aromatic carbocycles. The van der Waals surface area contributed by atoms with Gasteiger partial charge in [-0.05, 0) is 24.3 Å². The zero-order chi connectivity index (χ0) is 13.3. The van der Waals surface area contributed by atoms with Crippen LogP contribution in [-0.2, 0) is 10.1 Å². The first-order valence-electron chi connectivity index (χ1n) is 5.54. The summed E-state index contributed by atoms with van der Waals surface area (Å²) in [5.74, 6) is 1.19. The summed E-state index contributed by atoms with van der Waals surface area (Å²) in [6.45, 7) is 0.0956. The molecule has 19 heavy (non-hydrogen) atoms. The summed E-state index contributed by atoms with van der Waals surface area (Å²) in [6, 6.07) is 12.7. The molecule has 1 aliphatic rings.